The molecule has 0 saturated heterocycles. The third kappa shape index (κ3) is 1.54. The molecule has 66 valence electrons. The van der Waals surface area contributed by atoms with Gasteiger partial charge in [0.1, 0.15) is 5.75 Å². The van der Waals surface area contributed by atoms with Gasteiger partial charge in [0.05, 0.1) is 0 Å². The van der Waals surface area contributed by atoms with Crippen LogP contribution in [0.3, 0.4) is 0 Å². The highest BCUT2D eigenvalue weighted by Gasteiger charge is 2.07. The molecule has 0 radical (unpaired) electrons. The fraction of sp³-hybridized carbons (Fsp3) is 0.100. The van der Waals surface area contributed by atoms with Gasteiger partial charge in [-0.05, 0) is 29.8 Å². The second-order valence-corrected chi connectivity index (χ2v) is 2.97. The van der Waals surface area contributed by atoms with Crippen molar-refractivity contribution in [3.05, 3.63) is 40.6 Å². The van der Waals surface area contributed by atoms with Crippen molar-refractivity contribution < 1.29 is 9.85 Å². The Morgan fingerprint density at radius 3 is 3.08 bits per heavy atom. The molecule has 1 aromatic rings. The summed E-state index contributed by atoms with van der Waals surface area (Å²) in [5.74, 6) is 0.225. The van der Waals surface area contributed by atoms with Crippen molar-refractivity contribution in [1.82, 2.24) is 0 Å². The monoisotopic (exact) mass is 175 g/mol. The van der Waals surface area contributed by atoms with Crippen molar-refractivity contribution in [2.75, 3.05) is 0 Å². The number of hydroxylamine groups is 1. The lowest BCUT2D eigenvalue weighted by molar-refractivity contribution is -0.469. The summed E-state index contributed by atoms with van der Waals surface area (Å²) in [6.07, 6.45) is 4.96. The Bertz CT molecular complexity index is 394. The number of rotatable bonds is 0. The van der Waals surface area contributed by atoms with E-state index in [1.165, 1.54) is 6.21 Å². The number of nitrogens with zero attached hydrogens (tertiary/aromatic N) is 1. The minimum absolute atomic E-state index is 0.225. The Morgan fingerprint density at radius 2 is 2.23 bits per heavy atom. The molecule has 1 N–H and O–H groups in total. The second-order valence-electron chi connectivity index (χ2n) is 2.97. The van der Waals surface area contributed by atoms with E-state index >= 15 is 0 Å². The van der Waals surface area contributed by atoms with Crippen LogP contribution < -0.4 is 0 Å². The molecule has 0 spiro atoms. The van der Waals surface area contributed by atoms with E-state index in [0.717, 1.165) is 15.9 Å². The van der Waals surface area contributed by atoms with Crippen LogP contribution in [-0.4, -0.2) is 16.1 Å². The molecule has 13 heavy (non-hydrogen) atoms. The molecule has 1 aliphatic rings. The summed E-state index contributed by atoms with van der Waals surface area (Å²) in [6, 6.07) is 5.00. The van der Waals surface area contributed by atoms with Crippen LogP contribution in [0.2, 0.25) is 0 Å². The molecule has 0 bridgehead atoms. The fourth-order valence-corrected chi connectivity index (χ4v) is 1.34. The molecule has 0 aromatic heterocycles. The van der Waals surface area contributed by atoms with Crippen molar-refractivity contribution in [3.8, 4) is 5.75 Å². The maximum absolute atomic E-state index is 11.1. The molecular formula is C10H9NO2. The van der Waals surface area contributed by atoms with Crippen LogP contribution in [0.4, 0.5) is 0 Å². The summed E-state index contributed by atoms with van der Waals surface area (Å²) in [7, 11) is 0. The minimum Gasteiger partial charge on any atom is -0.624 e. The van der Waals surface area contributed by atoms with Crippen LogP contribution in [0.25, 0.3) is 6.08 Å². The van der Waals surface area contributed by atoms with Crippen LogP contribution in [0.1, 0.15) is 11.1 Å². The van der Waals surface area contributed by atoms with Crippen LogP contribution in [0.5, 0.6) is 5.75 Å². The number of aromatic hydroxyl groups is 1. The van der Waals surface area contributed by atoms with Crippen molar-refractivity contribution in [2.45, 2.75) is 6.54 Å². The average molecular weight is 175 g/mol. The summed E-state index contributed by atoms with van der Waals surface area (Å²) < 4.78 is 0.860. The maximum atomic E-state index is 11.1. The first kappa shape index (κ1) is 7.86. The van der Waals surface area contributed by atoms with Gasteiger partial charge in [0.15, 0.2) is 12.8 Å². The molecule has 0 fully saturated rings. The summed E-state index contributed by atoms with van der Waals surface area (Å²) in [6.45, 7) is 0.336. The van der Waals surface area contributed by atoms with Crippen molar-refractivity contribution in [3.63, 3.8) is 0 Å². The van der Waals surface area contributed by atoms with Gasteiger partial charge in [0.25, 0.3) is 0 Å². The molecular weight excluding hydrogens is 166 g/mol. The molecule has 3 nitrogen and oxygen atoms in total. The van der Waals surface area contributed by atoms with Gasteiger partial charge in [-0.15, -0.1) is 0 Å². The van der Waals surface area contributed by atoms with Gasteiger partial charge in [-0.2, -0.15) is 0 Å². The SMILES string of the molecule is [O-][N+]1=CC=Cc2cc(O)ccc2C1. The molecule has 1 aromatic carbocycles. The van der Waals surface area contributed by atoms with Crippen LogP contribution >= 0.6 is 0 Å². The van der Waals surface area contributed by atoms with Crippen molar-refractivity contribution in [2.24, 2.45) is 0 Å². The van der Waals surface area contributed by atoms with Gasteiger partial charge >= 0.3 is 0 Å². The molecule has 0 aliphatic carbocycles. The van der Waals surface area contributed by atoms with Crippen LogP contribution in [0, 0.1) is 5.21 Å². The zero-order valence-corrected chi connectivity index (χ0v) is 6.97. The Hall–Kier alpha value is -1.77. The number of hydrogen-bond acceptors (Lipinski definition) is 2. The molecule has 2 rings (SSSR count). The van der Waals surface area contributed by atoms with Crippen molar-refractivity contribution in [1.29, 1.82) is 0 Å². The molecule has 0 unspecified atom stereocenters. The smallest absolute Gasteiger partial charge is 0.179 e. The lowest BCUT2D eigenvalue weighted by Crippen LogP contribution is -2.02. The van der Waals surface area contributed by atoms with E-state index in [1.54, 1.807) is 24.3 Å². The Morgan fingerprint density at radius 1 is 1.38 bits per heavy atom. The van der Waals surface area contributed by atoms with Gasteiger partial charge in [0.2, 0.25) is 0 Å². The third-order valence-corrected chi connectivity index (χ3v) is 1.98. The lowest BCUT2D eigenvalue weighted by atomic mass is 10.1. The van der Waals surface area contributed by atoms with Crippen LogP contribution in [-0.2, 0) is 6.54 Å². The summed E-state index contributed by atoms with van der Waals surface area (Å²) >= 11 is 0. The molecule has 1 aliphatic heterocycles. The van der Waals surface area contributed by atoms with E-state index in [9.17, 15) is 10.3 Å². The topological polar surface area (TPSA) is 46.3 Å². The number of fused-ring (bicyclic) bond motifs is 1. The lowest BCUT2D eigenvalue weighted by Gasteiger charge is -2.04. The normalized spacial score (nSPS) is 14.6. The Balaban J connectivity index is 2.50. The van der Waals surface area contributed by atoms with E-state index in [0.29, 0.717) is 6.54 Å². The minimum atomic E-state index is 0.225. The second kappa shape index (κ2) is 2.94. The molecule has 1 heterocycles. The highest BCUT2D eigenvalue weighted by Crippen LogP contribution is 2.19. The number of hydrogen-bond donors (Lipinski definition) is 1. The largest absolute Gasteiger partial charge is 0.624 e. The summed E-state index contributed by atoms with van der Waals surface area (Å²) in [4.78, 5) is 0. The van der Waals surface area contributed by atoms with Crippen LogP contribution in [0.15, 0.2) is 24.3 Å². The van der Waals surface area contributed by atoms with Gasteiger partial charge in [-0.1, -0.05) is 0 Å². The number of allylic oxidation sites excluding steroid dienone is 1. The number of phenols is 1. The van der Waals surface area contributed by atoms with Gasteiger partial charge < -0.3 is 10.3 Å². The van der Waals surface area contributed by atoms with E-state index in [1.807, 2.05) is 6.08 Å². The van der Waals surface area contributed by atoms with E-state index in [-0.39, 0.29) is 5.75 Å². The van der Waals surface area contributed by atoms with E-state index in [4.69, 9.17) is 0 Å². The van der Waals surface area contributed by atoms with E-state index in [2.05, 4.69) is 0 Å². The standard InChI is InChI=1S/C10H9NO2/c12-10-4-3-9-7-11(13)5-1-2-8(9)6-10/h1-6,12H,7H2. The maximum Gasteiger partial charge on any atom is 0.179 e. The predicted molar refractivity (Wildman–Crippen MR) is 50.5 cm³/mol. The third-order valence-electron chi connectivity index (χ3n) is 1.98. The first-order chi connectivity index (χ1) is 6.25. The zero-order valence-electron chi connectivity index (χ0n) is 6.97. The Kier molecular flexibility index (Phi) is 1.77. The fourth-order valence-electron chi connectivity index (χ4n) is 1.34. The molecule has 0 saturated carbocycles. The summed E-state index contributed by atoms with van der Waals surface area (Å²) in [5.41, 5.74) is 1.83. The first-order valence-corrected chi connectivity index (χ1v) is 4.03. The predicted octanol–water partition coefficient (Wildman–Crippen LogP) is 1.50. The van der Waals surface area contributed by atoms with Gasteiger partial charge in [-0.3, -0.25) is 0 Å². The number of phenolic OH excluding ortho intramolecular Hbond substituents is 1. The summed E-state index contributed by atoms with van der Waals surface area (Å²) in [5, 5.41) is 20.3. The zero-order chi connectivity index (χ0) is 9.26. The van der Waals surface area contributed by atoms with E-state index < -0.39 is 0 Å². The number of benzene rings is 1. The van der Waals surface area contributed by atoms with Gasteiger partial charge in [-0.25, -0.2) is 4.74 Å². The quantitative estimate of drug-likeness (QED) is 0.479. The molecule has 3 heteroatoms. The Labute approximate surface area is 75.8 Å². The average Bonchev–Trinajstić information content (AvgIpc) is 2.25. The molecule has 0 amide bonds. The van der Waals surface area contributed by atoms with Gasteiger partial charge in [0, 0.05) is 11.6 Å². The highest BCUT2D eigenvalue weighted by atomic mass is 16.5. The molecule has 0 atom stereocenters. The first-order valence-electron chi connectivity index (χ1n) is 4.03. The highest BCUT2D eigenvalue weighted by molar-refractivity contribution is 5.76. The van der Waals surface area contributed by atoms with Crippen molar-refractivity contribution >= 4 is 12.3 Å².